The Morgan fingerprint density at radius 3 is 2.31 bits per heavy atom. The Morgan fingerprint density at radius 1 is 1.12 bits per heavy atom. The zero-order valence-electron chi connectivity index (χ0n) is 15.9. The molecule has 0 bridgehead atoms. The maximum atomic E-state index is 5.47. The fraction of sp³-hybridized carbons (Fsp3) is 0.471. The predicted molar refractivity (Wildman–Crippen MR) is 98.8 cm³/mol. The molecular formula is C17H26N6O3. The van der Waals surface area contributed by atoms with E-state index in [1.807, 2.05) is 26.1 Å². The van der Waals surface area contributed by atoms with Crippen LogP contribution in [0.2, 0.25) is 0 Å². The average molecular weight is 362 g/mol. The quantitative estimate of drug-likeness (QED) is 0.536. The van der Waals surface area contributed by atoms with Crippen molar-refractivity contribution in [1.29, 1.82) is 0 Å². The van der Waals surface area contributed by atoms with Crippen molar-refractivity contribution in [1.82, 2.24) is 25.4 Å². The third kappa shape index (κ3) is 4.78. The highest BCUT2D eigenvalue weighted by Crippen LogP contribution is 2.34. The molecule has 0 saturated carbocycles. The molecule has 142 valence electrons. The van der Waals surface area contributed by atoms with Crippen molar-refractivity contribution in [3.05, 3.63) is 29.8 Å². The van der Waals surface area contributed by atoms with Gasteiger partial charge in [0, 0.05) is 25.7 Å². The van der Waals surface area contributed by atoms with Gasteiger partial charge in [0.1, 0.15) is 29.4 Å². The Morgan fingerprint density at radius 2 is 1.81 bits per heavy atom. The van der Waals surface area contributed by atoms with E-state index in [2.05, 4.69) is 25.7 Å². The van der Waals surface area contributed by atoms with Gasteiger partial charge in [-0.25, -0.2) is 9.98 Å². The second-order valence-electron chi connectivity index (χ2n) is 5.36. The van der Waals surface area contributed by atoms with E-state index < -0.39 is 0 Å². The van der Waals surface area contributed by atoms with Crippen LogP contribution in [0.5, 0.6) is 17.2 Å². The summed E-state index contributed by atoms with van der Waals surface area (Å²) in [7, 11) is 6.67. The summed E-state index contributed by atoms with van der Waals surface area (Å²) in [6, 6.07) is 3.63. The Labute approximate surface area is 153 Å². The average Bonchev–Trinajstić information content (AvgIpc) is 3.08. The van der Waals surface area contributed by atoms with E-state index in [1.54, 1.807) is 26.0 Å². The van der Waals surface area contributed by atoms with Crippen molar-refractivity contribution >= 4 is 5.96 Å². The predicted octanol–water partition coefficient (Wildman–Crippen LogP) is 1.10. The molecule has 0 atom stereocenters. The first kappa shape index (κ1) is 19.4. The van der Waals surface area contributed by atoms with Crippen molar-refractivity contribution in [3.8, 4) is 17.2 Å². The van der Waals surface area contributed by atoms with E-state index in [4.69, 9.17) is 14.2 Å². The number of hydrogen-bond donors (Lipinski definition) is 2. The lowest BCUT2D eigenvalue weighted by atomic mass is 10.1. The number of benzene rings is 1. The van der Waals surface area contributed by atoms with Crippen molar-refractivity contribution < 1.29 is 14.2 Å². The lowest BCUT2D eigenvalue weighted by Crippen LogP contribution is -2.37. The molecule has 2 aromatic rings. The number of nitrogens with one attached hydrogen (secondary N) is 2. The molecule has 0 aliphatic heterocycles. The molecule has 9 nitrogen and oxygen atoms in total. The fourth-order valence-electron chi connectivity index (χ4n) is 2.38. The molecule has 1 heterocycles. The molecule has 26 heavy (non-hydrogen) atoms. The van der Waals surface area contributed by atoms with Gasteiger partial charge >= 0.3 is 0 Å². The first-order valence-electron chi connectivity index (χ1n) is 8.26. The van der Waals surface area contributed by atoms with Crippen molar-refractivity contribution in [2.24, 2.45) is 12.0 Å². The highest BCUT2D eigenvalue weighted by molar-refractivity contribution is 5.79. The summed E-state index contributed by atoms with van der Waals surface area (Å²) in [5.41, 5.74) is 0.840. The SMILES string of the molecule is CCNC(=NCc1c(OC)cc(OC)cc1OC)NCc1ncnn1C. The third-order valence-electron chi connectivity index (χ3n) is 3.78. The minimum absolute atomic E-state index is 0.379. The summed E-state index contributed by atoms with van der Waals surface area (Å²) < 4.78 is 17.9. The summed E-state index contributed by atoms with van der Waals surface area (Å²) >= 11 is 0. The molecule has 0 amide bonds. The van der Waals surface area contributed by atoms with Crippen LogP contribution in [0.25, 0.3) is 0 Å². The maximum absolute atomic E-state index is 5.47. The van der Waals surface area contributed by atoms with Crippen LogP contribution in [0, 0.1) is 0 Å². The molecule has 1 aromatic heterocycles. The highest BCUT2D eigenvalue weighted by Gasteiger charge is 2.13. The summed E-state index contributed by atoms with van der Waals surface area (Å²) in [5, 5.41) is 10.5. The number of aryl methyl sites for hydroxylation is 1. The van der Waals surface area contributed by atoms with E-state index in [9.17, 15) is 0 Å². The van der Waals surface area contributed by atoms with Gasteiger partial charge in [0.2, 0.25) is 0 Å². The number of ether oxygens (including phenoxy) is 3. The molecule has 0 saturated heterocycles. The zero-order chi connectivity index (χ0) is 18.9. The standard InChI is InChI=1S/C17H26N6O3/c1-6-18-17(20-10-16-21-11-22-23(16)2)19-9-13-14(25-4)7-12(24-3)8-15(13)26-5/h7-8,11H,6,9-10H2,1-5H3,(H2,18,19,20). The summed E-state index contributed by atoms with van der Waals surface area (Å²) in [5.74, 6) is 3.47. The number of aliphatic imine (C=N–C) groups is 1. The van der Waals surface area contributed by atoms with Crippen LogP contribution in [0.1, 0.15) is 18.3 Å². The smallest absolute Gasteiger partial charge is 0.191 e. The molecule has 0 unspecified atom stereocenters. The molecular weight excluding hydrogens is 336 g/mol. The summed E-state index contributed by atoms with van der Waals surface area (Å²) in [4.78, 5) is 8.81. The van der Waals surface area contributed by atoms with Crippen molar-refractivity contribution in [2.45, 2.75) is 20.0 Å². The zero-order valence-corrected chi connectivity index (χ0v) is 15.9. The van der Waals surface area contributed by atoms with Crippen LogP contribution in [0.4, 0.5) is 0 Å². The van der Waals surface area contributed by atoms with Gasteiger partial charge in [-0.15, -0.1) is 0 Å². The number of methoxy groups -OCH3 is 3. The van der Waals surface area contributed by atoms with Gasteiger partial charge in [-0.2, -0.15) is 5.10 Å². The maximum Gasteiger partial charge on any atom is 0.191 e. The fourth-order valence-corrected chi connectivity index (χ4v) is 2.38. The second-order valence-corrected chi connectivity index (χ2v) is 5.36. The second kappa shape index (κ2) is 9.50. The van der Waals surface area contributed by atoms with E-state index in [0.29, 0.717) is 36.3 Å². The number of aromatic nitrogens is 3. The third-order valence-corrected chi connectivity index (χ3v) is 3.78. The molecule has 0 radical (unpaired) electrons. The topological polar surface area (TPSA) is 94.8 Å². The van der Waals surface area contributed by atoms with Crippen LogP contribution in [-0.4, -0.2) is 48.6 Å². The van der Waals surface area contributed by atoms with E-state index in [-0.39, 0.29) is 0 Å². The van der Waals surface area contributed by atoms with Crippen molar-refractivity contribution in [3.63, 3.8) is 0 Å². The van der Waals surface area contributed by atoms with Gasteiger partial charge in [0.25, 0.3) is 0 Å². The van der Waals surface area contributed by atoms with Crippen molar-refractivity contribution in [2.75, 3.05) is 27.9 Å². The van der Waals surface area contributed by atoms with Crippen LogP contribution in [0.3, 0.4) is 0 Å². The lowest BCUT2D eigenvalue weighted by molar-refractivity contribution is 0.369. The minimum Gasteiger partial charge on any atom is -0.496 e. The molecule has 0 aliphatic carbocycles. The molecule has 0 aliphatic rings. The van der Waals surface area contributed by atoms with E-state index in [1.165, 1.54) is 6.33 Å². The van der Waals surface area contributed by atoms with Crippen LogP contribution >= 0.6 is 0 Å². The summed E-state index contributed by atoms with van der Waals surface area (Å²) in [6.07, 6.45) is 1.52. The number of nitrogens with zero attached hydrogens (tertiary/aromatic N) is 4. The number of rotatable bonds is 8. The Balaban J connectivity index is 2.19. The Hall–Kier alpha value is -2.97. The lowest BCUT2D eigenvalue weighted by Gasteiger charge is -2.15. The molecule has 2 rings (SSSR count). The molecule has 1 aromatic carbocycles. The summed E-state index contributed by atoms with van der Waals surface area (Å²) in [6.45, 7) is 3.64. The van der Waals surface area contributed by atoms with Crippen LogP contribution < -0.4 is 24.8 Å². The first-order valence-corrected chi connectivity index (χ1v) is 8.26. The normalized spacial score (nSPS) is 11.2. The Kier molecular flexibility index (Phi) is 7.07. The number of hydrogen-bond acceptors (Lipinski definition) is 6. The molecule has 9 heteroatoms. The first-order chi connectivity index (χ1) is 12.6. The van der Waals surface area contributed by atoms with E-state index in [0.717, 1.165) is 17.9 Å². The van der Waals surface area contributed by atoms with Gasteiger partial charge in [-0.3, -0.25) is 4.68 Å². The minimum atomic E-state index is 0.379. The van der Waals surface area contributed by atoms with Gasteiger partial charge in [-0.1, -0.05) is 0 Å². The molecule has 0 fully saturated rings. The van der Waals surface area contributed by atoms with Gasteiger partial charge in [-0.05, 0) is 6.92 Å². The van der Waals surface area contributed by atoms with E-state index >= 15 is 0 Å². The van der Waals surface area contributed by atoms with Crippen LogP contribution in [-0.2, 0) is 20.1 Å². The highest BCUT2D eigenvalue weighted by atomic mass is 16.5. The largest absolute Gasteiger partial charge is 0.496 e. The Bertz CT molecular complexity index is 719. The molecule has 2 N–H and O–H groups in total. The number of guanidine groups is 1. The van der Waals surface area contributed by atoms with Crippen LogP contribution in [0.15, 0.2) is 23.5 Å². The monoisotopic (exact) mass is 362 g/mol. The van der Waals surface area contributed by atoms with Gasteiger partial charge in [0.05, 0.1) is 40.0 Å². The molecule has 0 spiro atoms. The van der Waals surface area contributed by atoms with Gasteiger partial charge in [0.15, 0.2) is 5.96 Å². The van der Waals surface area contributed by atoms with Gasteiger partial charge < -0.3 is 24.8 Å².